The van der Waals surface area contributed by atoms with Gasteiger partial charge in [-0.05, 0) is 35.9 Å². The Hall–Kier alpha value is -3.15. The summed E-state index contributed by atoms with van der Waals surface area (Å²) in [6.07, 6.45) is 0.421. The number of carbonyl (C=O) groups excluding carboxylic acids is 3. The summed E-state index contributed by atoms with van der Waals surface area (Å²) < 4.78 is 4.97. The Bertz CT molecular complexity index is 769. The van der Waals surface area contributed by atoms with Crippen molar-refractivity contribution < 1.29 is 19.1 Å². The van der Waals surface area contributed by atoms with Gasteiger partial charge in [0.05, 0.1) is 0 Å². The fraction of sp³-hybridized carbons (Fsp3) is 0.211. The molecule has 0 atom stereocenters. The van der Waals surface area contributed by atoms with Crippen molar-refractivity contribution in [1.82, 2.24) is 5.32 Å². The molecule has 0 bridgehead atoms. The third-order valence-electron chi connectivity index (χ3n) is 3.37. The van der Waals surface area contributed by atoms with Crippen molar-refractivity contribution >= 4 is 23.5 Å². The van der Waals surface area contributed by atoms with Gasteiger partial charge in [-0.3, -0.25) is 14.4 Å². The topological polar surface area (TPSA) is 84.5 Å². The maximum atomic E-state index is 12.2. The van der Waals surface area contributed by atoms with E-state index in [0.717, 1.165) is 11.3 Å². The number of ether oxygens (including phenoxy) is 1. The van der Waals surface area contributed by atoms with E-state index >= 15 is 0 Å². The fourth-order valence-electron chi connectivity index (χ4n) is 2.11. The Morgan fingerprint density at radius 2 is 1.76 bits per heavy atom. The van der Waals surface area contributed by atoms with Crippen molar-refractivity contribution in [2.45, 2.75) is 26.8 Å². The fourth-order valence-corrected chi connectivity index (χ4v) is 2.11. The van der Waals surface area contributed by atoms with Crippen LogP contribution < -0.4 is 15.4 Å². The lowest BCUT2D eigenvalue weighted by atomic mass is 10.1. The van der Waals surface area contributed by atoms with Crippen LogP contribution in [0.2, 0.25) is 0 Å². The Morgan fingerprint density at radius 1 is 1.04 bits per heavy atom. The number of hydrogen-bond acceptors (Lipinski definition) is 4. The van der Waals surface area contributed by atoms with Gasteiger partial charge < -0.3 is 15.4 Å². The maximum absolute atomic E-state index is 12.2. The number of amides is 2. The molecular weight excluding hydrogens is 320 g/mol. The Kier molecular flexibility index (Phi) is 6.28. The number of hydrogen-bond donors (Lipinski definition) is 2. The van der Waals surface area contributed by atoms with Crippen LogP contribution in [-0.2, 0) is 16.1 Å². The van der Waals surface area contributed by atoms with Crippen LogP contribution in [0.1, 0.15) is 36.2 Å². The highest BCUT2D eigenvalue weighted by atomic mass is 16.5. The number of benzene rings is 2. The summed E-state index contributed by atoms with van der Waals surface area (Å²) in [5, 5.41) is 5.56. The van der Waals surface area contributed by atoms with Gasteiger partial charge in [0.25, 0.3) is 5.91 Å². The Balaban J connectivity index is 1.93. The van der Waals surface area contributed by atoms with Crippen molar-refractivity contribution in [2.75, 3.05) is 5.32 Å². The predicted octanol–water partition coefficient (Wildman–Crippen LogP) is 2.89. The molecule has 0 heterocycles. The quantitative estimate of drug-likeness (QED) is 0.625. The molecule has 0 fully saturated rings. The van der Waals surface area contributed by atoms with Gasteiger partial charge in [-0.15, -0.1) is 0 Å². The van der Waals surface area contributed by atoms with E-state index in [9.17, 15) is 14.4 Å². The Labute approximate surface area is 146 Å². The average Bonchev–Trinajstić information content (AvgIpc) is 2.60. The molecule has 2 rings (SSSR count). The molecule has 0 spiro atoms. The molecule has 0 aromatic heterocycles. The summed E-state index contributed by atoms with van der Waals surface area (Å²) in [4.78, 5) is 34.5. The zero-order chi connectivity index (χ0) is 18.2. The SMILES string of the molecule is CCC(=O)Nc1ccc(CNC(=O)c2cccc(OC(C)=O)c2)cc1. The van der Waals surface area contributed by atoms with Crippen molar-refractivity contribution in [2.24, 2.45) is 0 Å². The van der Waals surface area contributed by atoms with Crippen molar-refractivity contribution in [3.8, 4) is 5.75 Å². The average molecular weight is 340 g/mol. The molecule has 25 heavy (non-hydrogen) atoms. The molecule has 6 nitrogen and oxygen atoms in total. The minimum Gasteiger partial charge on any atom is -0.427 e. The molecule has 0 aliphatic carbocycles. The highest BCUT2D eigenvalue weighted by molar-refractivity contribution is 5.94. The molecule has 0 aliphatic rings. The minimum absolute atomic E-state index is 0.0475. The van der Waals surface area contributed by atoms with E-state index in [-0.39, 0.29) is 11.8 Å². The van der Waals surface area contributed by atoms with Gasteiger partial charge in [-0.2, -0.15) is 0 Å². The molecule has 0 saturated heterocycles. The first-order chi connectivity index (χ1) is 12.0. The van der Waals surface area contributed by atoms with Gasteiger partial charge in [0.1, 0.15) is 5.75 Å². The van der Waals surface area contributed by atoms with Crippen LogP contribution in [0, 0.1) is 0 Å². The largest absolute Gasteiger partial charge is 0.427 e. The first kappa shape index (κ1) is 18.2. The molecule has 0 saturated carbocycles. The van der Waals surface area contributed by atoms with Gasteiger partial charge in [0, 0.05) is 31.1 Å². The zero-order valence-corrected chi connectivity index (χ0v) is 14.2. The van der Waals surface area contributed by atoms with Gasteiger partial charge >= 0.3 is 5.97 Å². The van der Waals surface area contributed by atoms with Crippen molar-refractivity contribution in [1.29, 1.82) is 0 Å². The molecule has 130 valence electrons. The van der Waals surface area contributed by atoms with Gasteiger partial charge in [-0.25, -0.2) is 0 Å². The summed E-state index contributed by atoms with van der Waals surface area (Å²) in [5.74, 6) is -0.421. The molecule has 0 aliphatic heterocycles. The lowest BCUT2D eigenvalue weighted by Gasteiger charge is -2.08. The van der Waals surface area contributed by atoms with E-state index in [1.165, 1.54) is 13.0 Å². The second kappa shape index (κ2) is 8.63. The summed E-state index contributed by atoms with van der Waals surface area (Å²) in [7, 11) is 0. The highest BCUT2D eigenvalue weighted by Gasteiger charge is 2.08. The predicted molar refractivity (Wildman–Crippen MR) is 94.3 cm³/mol. The number of nitrogens with one attached hydrogen (secondary N) is 2. The second-order valence-electron chi connectivity index (χ2n) is 5.40. The second-order valence-corrected chi connectivity index (χ2v) is 5.40. The zero-order valence-electron chi connectivity index (χ0n) is 14.2. The number of anilines is 1. The van der Waals surface area contributed by atoms with Crippen molar-refractivity contribution in [3.63, 3.8) is 0 Å². The van der Waals surface area contributed by atoms with Crippen LogP contribution in [0.4, 0.5) is 5.69 Å². The molecule has 2 aromatic carbocycles. The van der Waals surface area contributed by atoms with E-state index in [1.54, 1.807) is 37.3 Å². The first-order valence-electron chi connectivity index (χ1n) is 7.93. The van der Waals surface area contributed by atoms with Gasteiger partial charge in [0.15, 0.2) is 0 Å². The van der Waals surface area contributed by atoms with E-state index in [0.29, 0.717) is 24.3 Å². The third-order valence-corrected chi connectivity index (χ3v) is 3.37. The van der Waals surface area contributed by atoms with E-state index < -0.39 is 5.97 Å². The normalized spacial score (nSPS) is 10.0. The lowest BCUT2D eigenvalue weighted by molar-refractivity contribution is -0.131. The van der Waals surface area contributed by atoms with Gasteiger partial charge in [-0.1, -0.05) is 25.1 Å². The van der Waals surface area contributed by atoms with E-state index in [2.05, 4.69) is 10.6 Å². The lowest BCUT2D eigenvalue weighted by Crippen LogP contribution is -2.22. The monoisotopic (exact) mass is 340 g/mol. The highest BCUT2D eigenvalue weighted by Crippen LogP contribution is 2.14. The minimum atomic E-state index is -0.437. The van der Waals surface area contributed by atoms with E-state index in [4.69, 9.17) is 4.74 Å². The van der Waals surface area contributed by atoms with Crippen LogP contribution in [0.3, 0.4) is 0 Å². The third kappa shape index (κ3) is 5.76. The Morgan fingerprint density at radius 3 is 2.40 bits per heavy atom. The maximum Gasteiger partial charge on any atom is 0.308 e. The van der Waals surface area contributed by atoms with Crippen LogP contribution in [0.15, 0.2) is 48.5 Å². The molecule has 2 N–H and O–H groups in total. The van der Waals surface area contributed by atoms with Crippen LogP contribution in [-0.4, -0.2) is 17.8 Å². The molecular formula is C19H20N2O4. The molecule has 6 heteroatoms. The van der Waals surface area contributed by atoms with Crippen LogP contribution >= 0.6 is 0 Å². The van der Waals surface area contributed by atoms with E-state index in [1.807, 2.05) is 12.1 Å². The van der Waals surface area contributed by atoms with Crippen LogP contribution in [0.5, 0.6) is 5.75 Å². The number of esters is 1. The summed E-state index contributed by atoms with van der Waals surface area (Å²) in [6.45, 7) is 3.44. The molecule has 2 aromatic rings. The standard InChI is InChI=1S/C19H20N2O4/c1-3-18(23)21-16-9-7-14(8-10-16)12-20-19(24)15-5-4-6-17(11-15)25-13(2)22/h4-11H,3,12H2,1-2H3,(H,20,24)(H,21,23). The summed E-state index contributed by atoms with van der Waals surface area (Å²) in [6, 6.07) is 13.7. The molecule has 2 amide bonds. The summed E-state index contributed by atoms with van der Waals surface area (Å²) >= 11 is 0. The van der Waals surface area contributed by atoms with Crippen LogP contribution in [0.25, 0.3) is 0 Å². The smallest absolute Gasteiger partial charge is 0.308 e. The van der Waals surface area contributed by atoms with Gasteiger partial charge in [0.2, 0.25) is 5.91 Å². The first-order valence-corrected chi connectivity index (χ1v) is 7.93. The van der Waals surface area contributed by atoms with Crippen molar-refractivity contribution in [3.05, 3.63) is 59.7 Å². The number of carbonyl (C=O) groups is 3. The number of rotatable bonds is 6. The molecule has 0 radical (unpaired) electrons. The molecule has 0 unspecified atom stereocenters. The summed E-state index contributed by atoms with van der Waals surface area (Å²) in [5.41, 5.74) is 2.03.